The van der Waals surface area contributed by atoms with Gasteiger partial charge in [-0.05, 0) is 17.7 Å². The van der Waals surface area contributed by atoms with Crippen LogP contribution in [0.25, 0.3) is 0 Å². The van der Waals surface area contributed by atoms with E-state index in [0.29, 0.717) is 18.0 Å². The Hall–Kier alpha value is -1.59. The lowest BCUT2D eigenvalue weighted by atomic mass is 10.1. The molecule has 0 spiro atoms. The smallest absolute Gasteiger partial charge is 0.326 e. The second-order valence-corrected chi connectivity index (χ2v) is 5.24. The summed E-state index contributed by atoms with van der Waals surface area (Å²) in [5, 5.41) is 9.74. The predicted molar refractivity (Wildman–Crippen MR) is 73.7 cm³/mol. The molecule has 0 saturated carbocycles. The molecule has 1 saturated heterocycles. The van der Waals surface area contributed by atoms with Crippen molar-refractivity contribution in [3.8, 4) is 0 Å². The second kappa shape index (κ2) is 6.24. The number of hydrogen-bond acceptors (Lipinski definition) is 3. The van der Waals surface area contributed by atoms with Gasteiger partial charge in [-0.15, -0.1) is 0 Å². The highest BCUT2D eigenvalue weighted by atomic mass is 35.5. The Labute approximate surface area is 122 Å². The van der Waals surface area contributed by atoms with E-state index in [2.05, 4.69) is 0 Å². The largest absolute Gasteiger partial charge is 0.480 e. The van der Waals surface area contributed by atoms with E-state index in [1.807, 2.05) is 0 Å². The number of carbonyl (C=O) groups excluding carboxylic acids is 1. The number of likely N-dealkylation sites (tertiary alicyclic amines) is 1. The molecule has 1 heterocycles. The van der Waals surface area contributed by atoms with Crippen LogP contribution in [0.2, 0.25) is 5.02 Å². The highest BCUT2D eigenvalue weighted by Gasteiger charge is 2.39. The highest BCUT2D eigenvalue weighted by Crippen LogP contribution is 2.22. The SMILES string of the molecule is COC1CC(C(=O)O)N(C(=O)Cc2cccc(Cl)c2)C1. The molecule has 6 heteroatoms. The lowest BCUT2D eigenvalue weighted by molar-refractivity contribution is -0.148. The van der Waals surface area contributed by atoms with Crippen molar-refractivity contribution >= 4 is 23.5 Å². The minimum Gasteiger partial charge on any atom is -0.480 e. The lowest BCUT2D eigenvalue weighted by Gasteiger charge is -2.21. The zero-order valence-corrected chi connectivity index (χ0v) is 11.8. The third-order valence-electron chi connectivity index (χ3n) is 3.45. The van der Waals surface area contributed by atoms with Gasteiger partial charge < -0.3 is 14.7 Å². The van der Waals surface area contributed by atoms with E-state index in [-0.39, 0.29) is 18.4 Å². The minimum absolute atomic E-state index is 0.140. The topological polar surface area (TPSA) is 66.8 Å². The van der Waals surface area contributed by atoms with Crippen LogP contribution in [0, 0.1) is 0 Å². The van der Waals surface area contributed by atoms with Gasteiger partial charge in [-0.2, -0.15) is 0 Å². The zero-order chi connectivity index (χ0) is 14.7. The molecular formula is C14H16ClNO4. The van der Waals surface area contributed by atoms with E-state index < -0.39 is 12.0 Å². The van der Waals surface area contributed by atoms with Crippen molar-refractivity contribution in [2.24, 2.45) is 0 Å². The number of hydrogen-bond donors (Lipinski definition) is 1. The molecule has 108 valence electrons. The molecule has 1 aliphatic rings. The normalized spacial score (nSPS) is 22.0. The van der Waals surface area contributed by atoms with Crippen LogP contribution in [0.5, 0.6) is 0 Å². The van der Waals surface area contributed by atoms with Crippen molar-refractivity contribution in [1.82, 2.24) is 4.90 Å². The number of halogens is 1. The molecule has 0 radical (unpaired) electrons. The van der Waals surface area contributed by atoms with Crippen molar-refractivity contribution < 1.29 is 19.4 Å². The minimum atomic E-state index is -0.996. The molecule has 2 unspecified atom stereocenters. The summed E-state index contributed by atoms with van der Waals surface area (Å²) in [6.45, 7) is 0.312. The van der Waals surface area contributed by atoms with Gasteiger partial charge in [0.15, 0.2) is 0 Å². The fourth-order valence-corrected chi connectivity index (χ4v) is 2.61. The summed E-state index contributed by atoms with van der Waals surface area (Å²) in [6.07, 6.45) is 0.243. The van der Waals surface area contributed by atoms with E-state index in [9.17, 15) is 14.7 Å². The average molecular weight is 298 g/mol. The molecule has 0 aliphatic carbocycles. The fraction of sp³-hybridized carbons (Fsp3) is 0.429. The van der Waals surface area contributed by atoms with E-state index in [0.717, 1.165) is 5.56 Å². The number of carboxylic acid groups (broad SMARTS) is 1. The van der Waals surface area contributed by atoms with Gasteiger partial charge in [0, 0.05) is 25.1 Å². The van der Waals surface area contributed by atoms with Crippen LogP contribution in [-0.2, 0) is 20.7 Å². The van der Waals surface area contributed by atoms with Gasteiger partial charge in [-0.3, -0.25) is 4.79 Å². The zero-order valence-electron chi connectivity index (χ0n) is 11.1. The highest BCUT2D eigenvalue weighted by molar-refractivity contribution is 6.30. The van der Waals surface area contributed by atoms with Gasteiger partial charge >= 0.3 is 5.97 Å². The first-order valence-corrected chi connectivity index (χ1v) is 6.68. The maximum Gasteiger partial charge on any atom is 0.326 e. The van der Waals surface area contributed by atoms with Crippen LogP contribution >= 0.6 is 11.6 Å². The molecule has 1 amide bonds. The third kappa shape index (κ3) is 3.29. The summed E-state index contributed by atoms with van der Waals surface area (Å²) >= 11 is 5.87. The number of rotatable bonds is 4. The monoisotopic (exact) mass is 297 g/mol. The van der Waals surface area contributed by atoms with Gasteiger partial charge in [-0.25, -0.2) is 4.79 Å². The fourth-order valence-electron chi connectivity index (χ4n) is 2.40. The number of carbonyl (C=O) groups is 2. The summed E-state index contributed by atoms with van der Waals surface area (Å²) in [5.74, 6) is -1.22. The molecule has 20 heavy (non-hydrogen) atoms. The number of ether oxygens (including phenoxy) is 1. The van der Waals surface area contributed by atoms with Crippen molar-refractivity contribution in [1.29, 1.82) is 0 Å². The van der Waals surface area contributed by atoms with E-state index >= 15 is 0 Å². The number of methoxy groups -OCH3 is 1. The lowest BCUT2D eigenvalue weighted by Crippen LogP contribution is -2.41. The Morgan fingerprint density at radius 3 is 2.85 bits per heavy atom. The maximum atomic E-state index is 12.3. The van der Waals surface area contributed by atoms with E-state index in [1.54, 1.807) is 24.3 Å². The van der Waals surface area contributed by atoms with Gasteiger partial charge in [0.1, 0.15) is 6.04 Å². The molecule has 1 fully saturated rings. The molecule has 1 aliphatic heterocycles. The van der Waals surface area contributed by atoms with Crippen LogP contribution in [0.3, 0.4) is 0 Å². The molecule has 0 aromatic heterocycles. The predicted octanol–water partition coefficient (Wildman–Crippen LogP) is 1.58. The molecule has 2 atom stereocenters. The number of amides is 1. The van der Waals surface area contributed by atoms with Crippen molar-refractivity contribution in [2.75, 3.05) is 13.7 Å². The Kier molecular flexibility index (Phi) is 4.62. The number of aliphatic carboxylic acids is 1. The number of carboxylic acids is 1. The summed E-state index contributed by atoms with van der Waals surface area (Å²) < 4.78 is 5.16. The van der Waals surface area contributed by atoms with E-state index in [4.69, 9.17) is 16.3 Å². The Bertz CT molecular complexity index is 520. The van der Waals surface area contributed by atoms with Gasteiger partial charge in [0.25, 0.3) is 0 Å². The molecule has 5 nitrogen and oxygen atoms in total. The Morgan fingerprint density at radius 2 is 2.25 bits per heavy atom. The molecule has 1 aromatic carbocycles. The first-order chi connectivity index (χ1) is 9.51. The second-order valence-electron chi connectivity index (χ2n) is 4.80. The van der Waals surface area contributed by atoms with Gasteiger partial charge in [0.2, 0.25) is 5.91 Å². The van der Waals surface area contributed by atoms with Crippen LogP contribution < -0.4 is 0 Å². The molecular weight excluding hydrogens is 282 g/mol. The molecule has 1 N–H and O–H groups in total. The van der Waals surface area contributed by atoms with Crippen molar-refractivity contribution in [3.63, 3.8) is 0 Å². The Balaban J connectivity index is 2.09. The van der Waals surface area contributed by atoms with Gasteiger partial charge in [-0.1, -0.05) is 23.7 Å². The van der Waals surface area contributed by atoms with Crippen LogP contribution in [-0.4, -0.2) is 47.7 Å². The number of nitrogens with zero attached hydrogens (tertiary/aromatic N) is 1. The van der Waals surface area contributed by atoms with Crippen molar-refractivity contribution in [3.05, 3.63) is 34.9 Å². The molecule has 1 aromatic rings. The van der Waals surface area contributed by atoms with Gasteiger partial charge in [0.05, 0.1) is 12.5 Å². The summed E-state index contributed by atoms with van der Waals surface area (Å²) in [7, 11) is 1.52. The molecule has 2 rings (SSSR count). The first kappa shape index (κ1) is 14.8. The number of benzene rings is 1. The van der Waals surface area contributed by atoms with Crippen LogP contribution in [0.1, 0.15) is 12.0 Å². The Morgan fingerprint density at radius 1 is 1.50 bits per heavy atom. The maximum absolute atomic E-state index is 12.3. The quantitative estimate of drug-likeness (QED) is 0.916. The van der Waals surface area contributed by atoms with E-state index in [1.165, 1.54) is 12.0 Å². The molecule has 0 bridgehead atoms. The van der Waals surface area contributed by atoms with Crippen molar-refractivity contribution in [2.45, 2.75) is 25.0 Å². The summed E-state index contributed by atoms with van der Waals surface area (Å²) in [5.41, 5.74) is 0.771. The summed E-state index contributed by atoms with van der Waals surface area (Å²) in [4.78, 5) is 24.9. The standard InChI is InChI=1S/C14H16ClNO4/c1-20-11-7-12(14(18)19)16(8-11)13(17)6-9-3-2-4-10(15)5-9/h2-5,11-12H,6-8H2,1H3,(H,18,19). The summed E-state index contributed by atoms with van der Waals surface area (Å²) in [6, 6.07) is 6.18. The third-order valence-corrected chi connectivity index (χ3v) is 3.68. The van der Waals surface area contributed by atoms with Crippen LogP contribution in [0.15, 0.2) is 24.3 Å². The first-order valence-electron chi connectivity index (χ1n) is 6.30. The van der Waals surface area contributed by atoms with Crippen LogP contribution in [0.4, 0.5) is 0 Å². The average Bonchev–Trinajstić information content (AvgIpc) is 2.83.